The molecule has 2 aromatic rings. The number of amides is 3. The molecule has 0 radical (unpaired) electrons. The minimum Gasteiger partial charge on any atom is -0.508 e. The summed E-state index contributed by atoms with van der Waals surface area (Å²) in [7, 11) is 0. The van der Waals surface area contributed by atoms with Gasteiger partial charge in [-0.05, 0) is 42.4 Å². The summed E-state index contributed by atoms with van der Waals surface area (Å²) in [6.07, 6.45) is 0.624. The fourth-order valence-corrected chi connectivity index (χ4v) is 3.79. The number of aryl methyl sites for hydroxylation is 1. The normalized spacial score (nSPS) is 16.0. The lowest BCUT2D eigenvalue weighted by Crippen LogP contribution is -2.48. The Bertz CT molecular complexity index is 993. The molecule has 3 N–H and O–H groups in total. The van der Waals surface area contributed by atoms with Gasteiger partial charge in [0.15, 0.2) is 5.90 Å². The van der Waals surface area contributed by atoms with Crippen molar-refractivity contribution in [3.05, 3.63) is 65.7 Å². The Morgan fingerprint density at radius 1 is 1.12 bits per heavy atom. The highest BCUT2D eigenvalue weighted by Gasteiger charge is 2.27. The summed E-state index contributed by atoms with van der Waals surface area (Å²) in [6.45, 7) is 4.51. The van der Waals surface area contributed by atoms with Crippen LogP contribution in [0.4, 0.5) is 9.59 Å². The van der Waals surface area contributed by atoms with Crippen molar-refractivity contribution in [2.24, 2.45) is 10.9 Å². The number of rotatable bonds is 10. The minimum absolute atomic E-state index is 0.104. The van der Waals surface area contributed by atoms with E-state index in [0.717, 1.165) is 16.0 Å². The van der Waals surface area contributed by atoms with Gasteiger partial charge in [0.25, 0.3) is 0 Å². The Kier molecular flexibility index (Phi) is 8.90. The van der Waals surface area contributed by atoms with E-state index in [9.17, 15) is 19.8 Å². The molecule has 2 aromatic carbocycles. The predicted octanol–water partition coefficient (Wildman–Crippen LogP) is 4.99. The standard InChI is InChI=1S/C26H33N3O5/c1-18(2)14-15-29(26(32)33)25(31)27-21(13-12-20-10-6-7-11-23(20)30)16-24-28-22(17-34-24)19-8-4-3-5-9-19/h3-11,18,21-22,30H,12-17H2,1-2H3,(H,27,31)(H,32,33)/t21-,22+/m0/s1. The fourth-order valence-electron chi connectivity index (χ4n) is 3.79. The van der Waals surface area contributed by atoms with Crippen LogP contribution in [0.5, 0.6) is 5.75 Å². The smallest absolute Gasteiger partial charge is 0.415 e. The predicted molar refractivity (Wildman–Crippen MR) is 130 cm³/mol. The lowest BCUT2D eigenvalue weighted by molar-refractivity contribution is 0.144. The second-order valence-corrected chi connectivity index (χ2v) is 8.89. The average Bonchev–Trinajstić information content (AvgIpc) is 3.27. The molecule has 3 amide bonds. The van der Waals surface area contributed by atoms with E-state index in [2.05, 4.69) is 10.3 Å². The van der Waals surface area contributed by atoms with Gasteiger partial charge in [-0.2, -0.15) is 0 Å². The maximum absolute atomic E-state index is 12.8. The van der Waals surface area contributed by atoms with E-state index in [1.165, 1.54) is 0 Å². The zero-order valence-electron chi connectivity index (χ0n) is 19.7. The van der Waals surface area contributed by atoms with Crippen molar-refractivity contribution in [1.82, 2.24) is 10.2 Å². The topological polar surface area (TPSA) is 111 Å². The zero-order chi connectivity index (χ0) is 24.5. The van der Waals surface area contributed by atoms with Crippen molar-refractivity contribution >= 4 is 18.0 Å². The average molecular weight is 468 g/mol. The number of hydrogen-bond acceptors (Lipinski definition) is 5. The number of carbonyl (C=O) groups excluding carboxylic acids is 1. The van der Waals surface area contributed by atoms with Crippen LogP contribution in [0, 0.1) is 5.92 Å². The van der Waals surface area contributed by atoms with Crippen LogP contribution in [-0.2, 0) is 11.2 Å². The molecule has 0 spiro atoms. The van der Waals surface area contributed by atoms with Crippen molar-refractivity contribution < 1.29 is 24.5 Å². The lowest BCUT2D eigenvalue weighted by Gasteiger charge is -2.24. The molecule has 0 aromatic heterocycles. The van der Waals surface area contributed by atoms with Crippen molar-refractivity contribution in [2.75, 3.05) is 13.2 Å². The fraction of sp³-hybridized carbons (Fsp3) is 0.423. The highest BCUT2D eigenvalue weighted by atomic mass is 16.5. The second-order valence-electron chi connectivity index (χ2n) is 8.89. The van der Waals surface area contributed by atoms with Gasteiger partial charge < -0.3 is 20.3 Å². The first-order chi connectivity index (χ1) is 16.3. The lowest BCUT2D eigenvalue weighted by atomic mass is 10.0. The summed E-state index contributed by atoms with van der Waals surface area (Å²) in [5.41, 5.74) is 1.81. The Morgan fingerprint density at radius 2 is 1.82 bits per heavy atom. The van der Waals surface area contributed by atoms with Gasteiger partial charge in [-0.25, -0.2) is 19.5 Å². The van der Waals surface area contributed by atoms with Crippen LogP contribution >= 0.6 is 0 Å². The first kappa shape index (κ1) is 25.1. The number of phenols is 1. The third kappa shape index (κ3) is 7.23. The molecule has 0 saturated carbocycles. The first-order valence-electron chi connectivity index (χ1n) is 11.7. The van der Waals surface area contributed by atoms with Crippen LogP contribution in [-0.4, -0.2) is 52.3 Å². The van der Waals surface area contributed by atoms with E-state index in [4.69, 9.17) is 4.74 Å². The molecule has 0 fully saturated rings. The van der Waals surface area contributed by atoms with Crippen molar-refractivity contribution in [3.63, 3.8) is 0 Å². The largest absolute Gasteiger partial charge is 0.508 e. The van der Waals surface area contributed by atoms with Gasteiger partial charge in [0.2, 0.25) is 0 Å². The van der Waals surface area contributed by atoms with Crippen LogP contribution in [0.1, 0.15) is 50.3 Å². The summed E-state index contributed by atoms with van der Waals surface area (Å²) in [5, 5.41) is 22.5. The molecule has 8 nitrogen and oxygen atoms in total. The number of para-hydroxylation sites is 1. The SMILES string of the molecule is CC(C)CCN(C(=O)O)C(=O)N[C@@H](CCc1ccccc1O)CC1=N[C@@H](c2ccccc2)CO1. The molecular formula is C26H33N3O5. The third-order valence-corrected chi connectivity index (χ3v) is 5.80. The Balaban J connectivity index is 1.71. The molecule has 2 atom stereocenters. The van der Waals surface area contributed by atoms with Gasteiger partial charge in [-0.1, -0.05) is 62.4 Å². The van der Waals surface area contributed by atoms with Crippen LogP contribution < -0.4 is 5.32 Å². The highest BCUT2D eigenvalue weighted by molar-refractivity contribution is 5.90. The van der Waals surface area contributed by atoms with Gasteiger partial charge >= 0.3 is 12.1 Å². The number of urea groups is 1. The molecular weight excluding hydrogens is 434 g/mol. The number of imide groups is 1. The molecule has 1 aliphatic rings. The molecule has 0 saturated heterocycles. The van der Waals surface area contributed by atoms with Crippen molar-refractivity contribution in [1.29, 1.82) is 0 Å². The van der Waals surface area contributed by atoms with E-state index in [1.54, 1.807) is 12.1 Å². The maximum Gasteiger partial charge on any atom is 0.415 e. The Labute approximate surface area is 200 Å². The molecule has 0 aliphatic carbocycles. The summed E-state index contributed by atoms with van der Waals surface area (Å²) >= 11 is 0. The van der Waals surface area contributed by atoms with E-state index >= 15 is 0 Å². The number of ether oxygens (including phenoxy) is 1. The highest BCUT2D eigenvalue weighted by Crippen LogP contribution is 2.25. The van der Waals surface area contributed by atoms with Gasteiger partial charge in [0, 0.05) is 19.0 Å². The van der Waals surface area contributed by atoms with Crippen molar-refractivity contribution in [3.8, 4) is 5.75 Å². The Morgan fingerprint density at radius 3 is 2.50 bits per heavy atom. The second kappa shape index (κ2) is 12.1. The molecule has 34 heavy (non-hydrogen) atoms. The maximum atomic E-state index is 12.8. The number of aromatic hydroxyl groups is 1. The third-order valence-electron chi connectivity index (χ3n) is 5.80. The number of benzene rings is 2. The van der Waals surface area contributed by atoms with Gasteiger partial charge in [-0.15, -0.1) is 0 Å². The molecule has 8 heteroatoms. The van der Waals surface area contributed by atoms with Crippen LogP contribution in [0.2, 0.25) is 0 Å². The summed E-state index contributed by atoms with van der Waals surface area (Å²) < 4.78 is 5.81. The molecule has 0 bridgehead atoms. The molecule has 1 aliphatic heterocycles. The quantitative estimate of drug-likeness (QED) is 0.456. The van der Waals surface area contributed by atoms with Crippen LogP contribution in [0.15, 0.2) is 59.6 Å². The van der Waals surface area contributed by atoms with Crippen LogP contribution in [0.3, 0.4) is 0 Å². The number of aliphatic imine (C=N–C) groups is 1. The van der Waals surface area contributed by atoms with Gasteiger partial charge in [0.05, 0.1) is 0 Å². The molecule has 0 unspecified atom stereocenters. The number of carbonyl (C=O) groups is 2. The molecule has 182 valence electrons. The number of carboxylic acid groups (broad SMARTS) is 1. The zero-order valence-corrected chi connectivity index (χ0v) is 19.7. The minimum atomic E-state index is -1.28. The number of phenolic OH excluding ortho intramolecular Hbond substituents is 1. The summed E-state index contributed by atoms with van der Waals surface area (Å²) in [4.78, 5) is 30.0. The van der Waals surface area contributed by atoms with Crippen LogP contribution in [0.25, 0.3) is 0 Å². The number of hydrogen-bond donors (Lipinski definition) is 3. The van der Waals surface area contributed by atoms with Gasteiger partial charge in [-0.3, -0.25) is 0 Å². The van der Waals surface area contributed by atoms with Gasteiger partial charge in [0.1, 0.15) is 18.4 Å². The molecule has 3 rings (SSSR count). The van der Waals surface area contributed by atoms with E-state index < -0.39 is 18.2 Å². The Hall–Kier alpha value is -3.55. The molecule has 1 heterocycles. The monoisotopic (exact) mass is 467 g/mol. The van der Waals surface area contributed by atoms with E-state index in [1.807, 2.05) is 56.3 Å². The van der Waals surface area contributed by atoms with Crippen molar-refractivity contribution in [2.45, 2.75) is 51.6 Å². The number of nitrogens with zero attached hydrogens (tertiary/aromatic N) is 2. The summed E-state index contributed by atoms with van der Waals surface area (Å²) in [6, 6.07) is 15.7. The number of nitrogens with one attached hydrogen (secondary N) is 1. The van der Waals surface area contributed by atoms with E-state index in [0.29, 0.717) is 38.2 Å². The first-order valence-corrected chi connectivity index (χ1v) is 11.7. The summed E-state index contributed by atoms with van der Waals surface area (Å²) in [5.74, 6) is 0.985. The van der Waals surface area contributed by atoms with E-state index in [-0.39, 0.29) is 24.3 Å².